The maximum absolute atomic E-state index is 10.9. The second-order valence-electron chi connectivity index (χ2n) is 5.78. The number of carboxylic acid groups (broad SMARTS) is 1. The van der Waals surface area contributed by atoms with Crippen molar-refractivity contribution >= 4 is 5.97 Å². The molecule has 3 nitrogen and oxygen atoms in total. The summed E-state index contributed by atoms with van der Waals surface area (Å²) in [5.74, 6) is -0.716. The molecule has 0 atom stereocenters. The Morgan fingerprint density at radius 3 is 2.35 bits per heavy atom. The normalized spacial score (nSPS) is 18.9. The largest absolute Gasteiger partial charge is 0.481 e. The van der Waals surface area contributed by atoms with Gasteiger partial charge in [0.2, 0.25) is 0 Å². The number of hydrogen-bond acceptors (Lipinski definition) is 2. The molecular weight excluding hydrogens is 216 g/mol. The minimum atomic E-state index is -0.716. The molecule has 17 heavy (non-hydrogen) atoms. The maximum atomic E-state index is 10.9. The SMILES string of the molecule is CC(C)(CCCOC1CCCCCC1)C(=O)O. The van der Waals surface area contributed by atoms with Crippen LogP contribution < -0.4 is 0 Å². The number of carbonyl (C=O) groups is 1. The van der Waals surface area contributed by atoms with Gasteiger partial charge in [-0.25, -0.2) is 0 Å². The van der Waals surface area contributed by atoms with Crippen LogP contribution in [-0.2, 0) is 9.53 Å². The molecule has 0 heterocycles. The Morgan fingerprint density at radius 2 is 1.82 bits per heavy atom. The lowest BCUT2D eigenvalue weighted by Gasteiger charge is -2.20. The predicted octanol–water partition coefficient (Wildman–Crippen LogP) is 3.62. The van der Waals surface area contributed by atoms with Crippen molar-refractivity contribution in [1.82, 2.24) is 0 Å². The molecule has 0 aromatic heterocycles. The highest BCUT2D eigenvalue weighted by Crippen LogP contribution is 2.24. The summed E-state index contributed by atoms with van der Waals surface area (Å²) in [5, 5.41) is 8.99. The molecule has 1 N–H and O–H groups in total. The van der Waals surface area contributed by atoms with Crippen LogP contribution in [0.3, 0.4) is 0 Å². The summed E-state index contributed by atoms with van der Waals surface area (Å²) in [6, 6.07) is 0. The Hall–Kier alpha value is -0.570. The van der Waals surface area contributed by atoms with Gasteiger partial charge in [0.05, 0.1) is 11.5 Å². The van der Waals surface area contributed by atoms with Crippen molar-refractivity contribution in [1.29, 1.82) is 0 Å². The van der Waals surface area contributed by atoms with Gasteiger partial charge in [-0.05, 0) is 39.5 Å². The summed E-state index contributed by atoms with van der Waals surface area (Å²) < 4.78 is 5.85. The molecule has 1 rings (SSSR count). The van der Waals surface area contributed by atoms with E-state index in [1.807, 2.05) is 0 Å². The summed E-state index contributed by atoms with van der Waals surface area (Å²) in [6.07, 6.45) is 9.56. The van der Waals surface area contributed by atoms with E-state index in [9.17, 15) is 4.79 Å². The molecule has 0 spiro atoms. The van der Waals surface area contributed by atoms with Crippen molar-refractivity contribution in [2.45, 2.75) is 71.3 Å². The van der Waals surface area contributed by atoms with Crippen molar-refractivity contribution in [2.24, 2.45) is 5.41 Å². The van der Waals surface area contributed by atoms with Gasteiger partial charge in [-0.1, -0.05) is 25.7 Å². The number of rotatable bonds is 6. The van der Waals surface area contributed by atoms with Crippen LogP contribution in [0.25, 0.3) is 0 Å². The van der Waals surface area contributed by atoms with Crippen LogP contribution in [0, 0.1) is 5.41 Å². The van der Waals surface area contributed by atoms with E-state index in [-0.39, 0.29) is 0 Å². The van der Waals surface area contributed by atoms with Crippen LogP contribution in [0.2, 0.25) is 0 Å². The first-order valence-corrected chi connectivity index (χ1v) is 6.87. The Labute approximate surface area is 105 Å². The van der Waals surface area contributed by atoms with Gasteiger partial charge in [-0.3, -0.25) is 4.79 Å². The van der Waals surface area contributed by atoms with E-state index in [1.54, 1.807) is 13.8 Å². The van der Waals surface area contributed by atoms with Gasteiger partial charge in [0.15, 0.2) is 0 Å². The molecule has 1 fully saturated rings. The third-order valence-electron chi connectivity index (χ3n) is 3.68. The first kappa shape index (κ1) is 14.5. The van der Waals surface area contributed by atoms with Gasteiger partial charge in [0.25, 0.3) is 0 Å². The van der Waals surface area contributed by atoms with Crippen molar-refractivity contribution in [3.8, 4) is 0 Å². The molecule has 1 aliphatic rings. The van der Waals surface area contributed by atoms with Crippen molar-refractivity contribution in [2.75, 3.05) is 6.61 Å². The fourth-order valence-corrected chi connectivity index (χ4v) is 2.28. The highest BCUT2D eigenvalue weighted by molar-refractivity contribution is 5.73. The van der Waals surface area contributed by atoms with Crippen molar-refractivity contribution in [3.05, 3.63) is 0 Å². The Kier molecular flexibility index (Phi) is 5.96. The second-order valence-corrected chi connectivity index (χ2v) is 5.78. The van der Waals surface area contributed by atoms with Gasteiger partial charge in [0.1, 0.15) is 0 Å². The summed E-state index contributed by atoms with van der Waals surface area (Å²) in [7, 11) is 0. The first-order chi connectivity index (χ1) is 8.02. The van der Waals surface area contributed by atoms with Gasteiger partial charge < -0.3 is 9.84 Å². The lowest BCUT2D eigenvalue weighted by molar-refractivity contribution is -0.147. The van der Waals surface area contributed by atoms with Crippen molar-refractivity contribution < 1.29 is 14.6 Å². The van der Waals surface area contributed by atoms with E-state index in [1.165, 1.54) is 38.5 Å². The monoisotopic (exact) mass is 242 g/mol. The summed E-state index contributed by atoms with van der Waals surface area (Å²) in [6.45, 7) is 4.27. The van der Waals surface area contributed by atoms with E-state index < -0.39 is 11.4 Å². The van der Waals surface area contributed by atoms with E-state index in [0.717, 1.165) is 6.42 Å². The average molecular weight is 242 g/mol. The fourth-order valence-electron chi connectivity index (χ4n) is 2.28. The highest BCUT2D eigenvalue weighted by Gasteiger charge is 2.26. The van der Waals surface area contributed by atoms with E-state index >= 15 is 0 Å². The molecule has 100 valence electrons. The van der Waals surface area contributed by atoms with Gasteiger partial charge in [-0.2, -0.15) is 0 Å². The number of carboxylic acids is 1. The Bertz CT molecular complexity index is 228. The zero-order chi connectivity index (χ0) is 12.7. The van der Waals surface area contributed by atoms with Crippen LogP contribution in [0.15, 0.2) is 0 Å². The molecule has 0 bridgehead atoms. The zero-order valence-corrected chi connectivity index (χ0v) is 11.2. The Morgan fingerprint density at radius 1 is 1.24 bits per heavy atom. The lowest BCUT2D eigenvalue weighted by Crippen LogP contribution is -2.24. The predicted molar refractivity (Wildman–Crippen MR) is 68.1 cm³/mol. The average Bonchev–Trinajstić information content (AvgIpc) is 2.52. The first-order valence-electron chi connectivity index (χ1n) is 6.87. The number of aliphatic carboxylic acids is 1. The summed E-state index contributed by atoms with van der Waals surface area (Å²) >= 11 is 0. The van der Waals surface area contributed by atoms with E-state index in [0.29, 0.717) is 19.1 Å². The molecular formula is C14H26O3. The van der Waals surface area contributed by atoms with Crippen molar-refractivity contribution in [3.63, 3.8) is 0 Å². The molecule has 0 amide bonds. The fraction of sp³-hybridized carbons (Fsp3) is 0.929. The third kappa shape index (κ3) is 5.53. The van der Waals surface area contributed by atoms with Crippen LogP contribution in [0.5, 0.6) is 0 Å². The molecule has 0 aromatic carbocycles. The van der Waals surface area contributed by atoms with Crippen LogP contribution >= 0.6 is 0 Å². The molecule has 0 radical (unpaired) electrons. The van der Waals surface area contributed by atoms with Gasteiger partial charge in [-0.15, -0.1) is 0 Å². The van der Waals surface area contributed by atoms with Crippen LogP contribution in [0.1, 0.15) is 65.2 Å². The van der Waals surface area contributed by atoms with Gasteiger partial charge >= 0.3 is 5.97 Å². The molecule has 3 heteroatoms. The molecule has 1 saturated carbocycles. The molecule has 0 unspecified atom stereocenters. The molecule has 1 aliphatic carbocycles. The van der Waals surface area contributed by atoms with Crippen LogP contribution in [0.4, 0.5) is 0 Å². The molecule has 0 saturated heterocycles. The Balaban J connectivity index is 2.12. The van der Waals surface area contributed by atoms with E-state index in [2.05, 4.69) is 0 Å². The minimum Gasteiger partial charge on any atom is -0.481 e. The zero-order valence-electron chi connectivity index (χ0n) is 11.2. The maximum Gasteiger partial charge on any atom is 0.309 e. The third-order valence-corrected chi connectivity index (χ3v) is 3.68. The molecule has 0 aromatic rings. The molecule has 0 aliphatic heterocycles. The van der Waals surface area contributed by atoms with Crippen LogP contribution in [-0.4, -0.2) is 23.8 Å². The number of hydrogen-bond donors (Lipinski definition) is 1. The van der Waals surface area contributed by atoms with E-state index in [4.69, 9.17) is 9.84 Å². The topological polar surface area (TPSA) is 46.5 Å². The standard InChI is InChI=1S/C14H26O3/c1-14(2,13(15)16)10-7-11-17-12-8-5-3-4-6-9-12/h12H,3-11H2,1-2H3,(H,15,16). The lowest BCUT2D eigenvalue weighted by atomic mass is 9.88. The second kappa shape index (κ2) is 7.00. The summed E-state index contributed by atoms with van der Waals surface area (Å²) in [4.78, 5) is 10.9. The quantitative estimate of drug-likeness (QED) is 0.571. The smallest absolute Gasteiger partial charge is 0.309 e. The van der Waals surface area contributed by atoms with Gasteiger partial charge in [0, 0.05) is 6.61 Å². The highest BCUT2D eigenvalue weighted by atomic mass is 16.5. The minimum absolute atomic E-state index is 0.422. The number of ether oxygens (including phenoxy) is 1. The summed E-state index contributed by atoms with van der Waals surface area (Å²) in [5.41, 5.74) is -0.618.